The predicted molar refractivity (Wildman–Crippen MR) is 79.4 cm³/mol. The fourth-order valence-corrected chi connectivity index (χ4v) is 2.50. The van der Waals surface area contributed by atoms with Crippen LogP contribution in [0.1, 0.15) is 37.7 Å². The van der Waals surface area contributed by atoms with Gasteiger partial charge in [-0.1, -0.05) is 36.7 Å². The Morgan fingerprint density at radius 1 is 1.06 bits per heavy atom. The highest BCUT2D eigenvalue weighted by molar-refractivity contribution is 9.10. The summed E-state index contributed by atoms with van der Waals surface area (Å²) < 4.78 is 3.09. The summed E-state index contributed by atoms with van der Waals surface area (Å²) in [7, 11) is 0. The monoisotopic (exact) mass is 306 g/mol. The Hall–Kier alpha value is -1.09. The van der Waals surface area contributed by atoms with Crippen LogP contribution in [0, 0.1) is 13.8 Å². The minimum atomic E-state index is 0.134. The number of aromatic nitrogens is 2. The lowest BCUT2D eigenvalue weighted by atomic mass is 9.87. The maximum Gasteiger partial charge on any atom is 0.0662 e. The van der Waals surface area contributed by atoms with Crippen molar-refractivity contribution in [3.63, 3.8) is 0 Å². The zero-order chi connectivity index (χ0) is 13.5. The summed E-state index contributed by atoms with van der Waals surface area (Å²) >= 11 is 3.59. The summed E-state index contributed by atoms with van der Waals surface area (Å²) in [5.74, 6) is 0. The summed E-state index contributed by atoms with van der Waals surface area (Å²) in [6.07, 6.45) is 0. The summed E-state index contributed by atoms with van der Waals surface area (Å²) in [5, 5.41) is 4.54. The van der Waals surface area contributed by atoms with Gasteiger partial charge in [-0.15, -0.1) is 0 Å². The molecule has 0 unspecified atom stereocenters. The second kappa shape index (κ2) is 4.54. The quantitative estimate of drug-likeness (QED) is 0.756. The molecule has 0 N–H and O–H groups in total. The molecular weight excluding hydrogens is 288 g/mol. The molecule has 0 aliphatic heterocycles. The van der Waals surface area contributed by atoms with Crippen LogP contribution >= 0.6 is 15.9 Å². The maximum absolute atomic E-state index is 4.54. The summed E-state index contributed by atoms with van der Waals surface area (Å²) in [5.41, 5.74) is 4.75. The third kappa shape index (κ3) is 2.66. The Balaban J connectivity index is 2.59. The smallest absolute Gasteiger partial charge is 0.0662 e. The molecule has 96 valence electrons. The third-order valence-electron chi connectivity index (χ3n) is 3.00. The van der Waals surface area contributed by atoms with Gasteiger partial charge in [0.25, 0.3) is 0 Å². The van der Waals surface area contributed by atoms with Crippen LogP contribution in [0.5, 0.6) is 0 Å². The van der Waals surface area contributed by atoms with Gasteiger partial charge < -0.3 is 0 Å². The molecule has 1 heterocycles. The number of hydrogen-bond acceptors (Lipinski definition) is 1. The van der Waals surface area contributed by atoms with Gasteiger partial charge in [-0.3, -0.25) is 0 Å². The van der Waals surface area contributed by atoms with Gasteiger partial charge >= 0.3 is 0 Å². The number of hydrogen-bond donors (Lipinski definition) is 0. The van der Waals surface area contributed by atoms with Crippen LogP contribution in [-0.4, -0.2) is 9.78 Å². The highest BCUT2D eigenvalue weighted by Crippen LogP contribution is 2.28. The van der Waals surface area contributed by atoms with E-state index in [1.54, 1.807) is 0 Å². The fraction of sp³-hybridized carbons (Fsp3) is 0.400. The average molecular weight is 307 g/mol. The minimum absolute atomic E-state index is 0.134. The molecule has 0 radical (unpaired) electrons. The van der Waals surface area contributed by atoms with Crippen LogP contribution < -0.4 is 0 Å². The largest absolute Gasteiger partial charge is 0.238 e. The van der Waals surface area contributed by atoms with Gasteiger partial charge in [0.05, 0.1) is 11.4 Å². The van der Waals surface area contributed by atoms with Crippen molar-refractivity contribution < 1.29 is 0 Å². The first kappa shape index (κ1) is 13.3. The Bertz CT molecular complexity index is 577. The molecule has 0 amide bonds. The molecule has 0 fully saturated rings. The lowest BCUT2D eigenvalue weighted by Gasteiger charge is -2.20. The normalized spacial score (nSPS) is 11.9. The molecule has 0 saturated heterocycles. The molecule has 18 heavy (non-hydrogen) atoms. The number of benzene rings is 1. The average Bonchev–Trinajstić information content (AvgIpc) is 2.55. The van der Waals surface area contributed by atoms with Gasteiger partial charge in [0.2, 0.25) is 0 Å². The fourth-order valence-electron chi connectivity index (χ4n) is 2.02. The zero-order valence-corrected chi connectivity index (χ0v) is 13.2. The van der Waals surface area contributed by atoms with Gasteiger partial charge in [0, 0.05) is 10.2 Å². The van der Waals surface area contributed by atoms with Crippen molar-refractivity contribution >= 4 is 15.9 Å². The topological polar surface area (TPSA) is 17.8 Å². The molecule has 0 saturated carbocycles. The number of nitrogens with zero attached hydrogens (tertiary/aromatic N) is 2. The molecule has 0 aliphatic rings. The first-order chi connectivity index (χ1) is 8.27. The van der Waals surface area contributed by atoms with E-state index in [-0.39, 0.29) is 5.41 Å². The number of rotatable bonds is 1. The van der Waals surface area contributed by atoms with E-state index in [9.17, 15) is 0 Å². The zero-order valence-electron chi connectivity index (χ0n) is 11.6. The van der Waals surface area contributed by atoms with Crippen molar-refractivity contribution in [1.29, 1.82) is 0 Å². The molecule has 1 aromatic heterocycles. The minimum Gasteiger partial charge on any atom is -0.238 e. The Morgan fingerprint density at radius 2 is 1.72 bits per heavy atom. The Morgan fingerprint density at radius 3 is 2.22 bits per heavy atom. The second-order valence-electron chi connectivity index (χ2n) is 5.79. The van der Waals surface area contributed by atoms with Crippen LogP contribution in [-0.2, 0) is 5.41 Å². The SMILES string of the molecule is Cc1cc(C)n(-c2cc(Br)cc(C(C)(C)C)c2)n1. The highest BCUT2D eigenvalue weighted by Gasteiger charge is 2.16. The van der Waals surface area contributed by atoms with Crippen LogP contribution in [0.3, 0.4) is 0 Å². The third-order valence-corrected chi connectivity index (χ3v) is 3.46. The summed E-state index contributed by atoms with van der Waals surface area (Å²) in [4.78, 5) is 0. The van der Waals surface area contributed by atoms with E-state index in [1.165, 1.54) is 5.56 Å². The van der Waals surface area contributed by atoms with E-state index in [0.717, 1.165) is 21.5 Å². The van der Waals surface area contributed by atoms with E-state index >= 15 is 0 Å². The number of halogens is 1. The van der Waals surface area contributed by atoms with Crippen LogP contribution in [0.25, 0.3) is 5.69 Å². The van der Waals surface area contributed by atoms with Gasteiger partial charge in [-0.2, -0.15) is 5.10 Å². The first-order valence-corrected chi connectivity index (χ1v) is 6.91. The molecule has 0 bridgehead atoms. The van der Waals surface area contributed by atoms with Gasteiger partial charge in [0.15, 0.2) is 0 Å². The highest BCUT2D eigenvalue weighted by atomic mass is 79.9. The van der Waals surface area contributed by atoms with E-state index in [2.05, 4.69) is 73.0 Å². The molecule has 2 nitrogen and oxygen atoms in total. The van der Waals surface area contributed by atoms with Crippen molar-refractivity contribution in [2.75, 3.05) is 0 Å². The lowest BCUT2D eigenvalue weighted by molar-refractivity contribution is 0.589. The number of aryl methyl sites for hydroxylation is 2. The molecule has 2 rings (SSSR count). The summed E-state index contributed by atoms with van der Waals surface area (Å²) in [6, 6.07) is 8.59. The second-order valence-corrected chi connectivity index (χ2v) is 6.70. The van der Waals surface area contributed by atoms with E-state index < -0.39 is 0 Å². The molecular formula is C15H19BrN2. The van der Waals surface area contributed by atoms with Crippen molar-refractivity contribution in [2.45, 2.75) is 40.0 Å². The van der Waals surface area contributed by atoms with E-state index in [1.807, 2.05) is 11.6 Å². The molecule has 1 aromatic carbocycles. The first-order valence-electron chi connectivity index (χ1n) is 6.12. The molecule has 3 heteroatoms. The molecule has 0 atom stereocenters. The summed E-state index contributed by atoms with van der Waals surface area (Å²) in [6.45, 7) is 10.8. The predicted octanol–water partition coefficient (Wildman–Crippen LogP) is 4.55. The van der Waals surface area contributed by atoms with Crippen molar-refractivity contribution in [1.82, 2.24) is 9.78 Å². The van der Waals surface area contributed by atoms with Crippen LogP contribution in [0.15, 0.2) is 28.7 Å². The van der Waals surface area contributed by atoms with Crippen molar-refractivity contribution in [2.24, 2.45) is 0 Å². The van der Waals surface area contributed by atoms with Crippen molar-refractivity contribution in [3.05, 3.63) is 45.7 Å². The lowest BCUT2D eigenvalue weighted by Crippen LogP contribution is -2.12. The maximum atomic E-state index is 4.54. The van der Waals surface area contributed by atoms with E-state index in [4.69, 9.17) is 0 Å². The van der Waals surface area contributed by atoms with Crippen molar-refractivity contribution in [3.8, 4) is 5.69 Å². The van der Waals surface area contributed by atoms with Gasteiger partial charge in [0.1, 0.15) is 0 Å². The standard InChI is InChI=1S/C15H19BrN2/c1-10-6-11(2)18(17-10)14-8-12(15(3,4)5)7-13(16)9-14/h6-9H,1-5H3. The molecule has 2 aromatic rings. The Kier molecular flexibility index (Phi) is 3.37. The molecule has 0 spiro atoms. The van der Waals surface area contributed by atoms with Gasteiger partial charge in [-0.05, 0) is 49.1 Å². The van der Waals surface area contributed by atoms with Gasteiger partial charge in [-0.25, -0.2) is 4.68 Å². The molecule has 0 aliphatic carbocycles. The Labute approximate surface area is 117 Å². The van der Waals surface area contributed by atoms with E-state index in [0.29, 0.717) is 0 Å². The van der Waals surface area contributed by atoms with Crippen LogP contribution in [0.4, 0.5) is 0 Å². The van der Waals surface area contributed by atoms with Crippen LogP contribution in [0.2, 0.25) is 0 Å².